The van der Waals surface area contributed by atoms with Crippen LogP contribution < -0.4 is 0 Å². The van der Waals surface area contributed by atoms with E-state index in [9.17, 15) is 0 Å². The molecule has 0 aromatic heterocycles. The summed E-state index contributed by atoms with van der Waals surface area (Å²) in [5.41, 5.74) is 0. The van der Waals surface area contributed by atoms with Gasteiger partial charge in [-0.15, -0.1) is 0 Å². The molecule has 6 unspecified atom stereocenters. The smallest absolute Gasteiger partial charge is 0.0635 e. The van der Waals surface area contributed by atoms with Crippen LogP contribution in [0, 0.1) is 11.8 Å². The Bertz CT molecular complexity index is 266. The molecule has 0 aromatic rings. The van der Waals surface area contributed by atoms with Crippen LogP contribution in [0.25, 0.3) is 0 Å². The molecule has 3 fully saturated rings. The Morgan fingerprint density at radius 1 is 0.789 bits per heavy atom. The molecule has 110 valence electrons. The van der Waals surface area contributed by atoms with Crippen molar-refractivity contribution in [2.75, 3.05) is 13.2 Å². The van der Waals surface area contributed by atoms with Crippen LogP contribution in [0.3, 0.4) is 0 Å². The molecule has 0 amide bonds. The van der Waals surface area contributed by atoms with Crippen molar-refractivity contribution in [2.24, 2.45) is 11.8 Å². The van der Waals surface area contributed by atoms with Gasteiger partial charge in [0.2, 0.25) is 0 Å². The predicted octanol–water partition coefficient (Wildman–Crippen LogP) is 3.16. The highest BCUT2D eigenvalue weighted by molar-refractivity contribution is 4.97. The van der Waals surface area contributed by atoms with Crippen molar-refractivity contribution in [1.29, 1.82) is 0 Å². The first kappa shape index (κ1) is 13.8. The van der Waals surface area contributed by atoms with Crippen LogP contribution in [0.2, 0.25) is 0 Å². The fourth-order valence-corrected chi connectivity index (χ4v) is 4.52. The summed E-state index contributed by atoms with van der Waals surface area (Å²) in [6.07, 6.45) is 9.10. The van der Waals surface area contributed by atoms with Gasteiger partial charge in [0.25, 0.3) is 0 Å². The lowest BCUT2D eigenvalue weighted by Crippen LogP contribution is -2.35. The highest BCUT2D eigenvalue weighted by atomic mass is 16.5. The summed E-state index contributed by atoms with van der Waals surface area (Å²) in [7, 11) is 0. The molecular formula is C16H28O3. The van der Waals surface area contributed by atoms with Crippen molar-refractivity contribution < 1.29 is 14.2 Å². The summed E-state index contributed by atoms with van der Waals surface area (Å²) in [4.78, 5) is 0. The van der Waals surface area contributed by atoms with E-state index in [-0.39, 0.29) is 0 Å². The van der Waals surface area contributed by atoms with Gasteiger partial charge in [-0.05, 0) is 51.4 Å². The van der Waals surface area contributed by atoms with Crippen molar-refractivity contribution in [3.05, 3.63) is 0 Å². The van der Waals surface area contributed by atoms with Crippen molar-refractivity contribution in [1.82, 2.24) is 0 Å². The number of hydrogen-bond acceptors (Lipinski definition) is 3. The number of rotatable bonds is 4. The van der Waals surface area contributed by atoms with E-state index < -0.39 is 0 Å². The first-order valence-electron chi connectivity index (χ1n) is 8.20. The van der Waals surface area contributed by atoms with E-state index in [1.54, 1.807) is 0 Å². The fourth-order valence-electron chi connectivity index (χ4n) is 4.52. The maximum atomic E-state index is 6.36. The predicted molar refractivity (Wildman–Crippen MR) is 74.2 cm³/mol. The van der Waals surface area contributed by atoms with Crippen LogP contribution >= 0.6 is 0 Å². The van der Waals surface area contributed by atoms with Crippen LogP contribution in [-0.4, -0.2) is 37.6 Å². The molecule has 1 heterocycles. The summed E-state index contributed by atoms with van der Waals surface area (Å²) in [5, 5.41) is 0. The second kappa shape index (κ2) is 6.11. The minimum Gasteiger partial charge on any atom is -0.378 e. The first-order valence-corrected chi connectivity index (χ1v) is 8.20. The van der Waals surface area contributed by atoms with Gasteiger partial charge in [-0.1, -0.05) is 0 Å². The lowest BCUT2D eigenvalue weighted by Gasteiger charge is -2.34. The second-order valence-corrected chi connectivity index (χ2v) is 6.32. The normalized spacial score (nSPS) is 45.8. The summed E-state index contributed by atoms with van der Waals surface area (Å²) < 4.78 is 18.0. The van der Waals surface area contributed by atoms with E-state index in [2.05, 4.69) is 13.8 Å². The van der Waals surface area contributed by atoms with Crippen molar-refractivity contribution >= 4 is 0 Å². The fraction of sp³-hybridized carbons (Fsp3) is 1.00. The largest absolute Gasteiger partial charge is 0.378 e. The molecule has 0 radical (unpaired) electrons. The minimum atomic E-state index is 0.439. The van der Waals surface area contributed by atoms with Gasteiger partial charge in [-0.25, -0.2) is 0 Å². The Morgan fingerprint density at radius 3 is 1.68 bits per heavy atom. The molecule has 2 saturated carbocycles. The molecule has 2 aliphatic carbocycles. The monoisotopic (exact) mass is 268 g/mol. The Labute approximate surface area is 117 Å². The molecule has 3 aliphatic rings. The highest BCUT2D eigenvalue weighted by Crippen LogP contribution is 2.48. The molecule has 3 heteroatoms. The lowest BCUT2D eigenvalue weighted by atomic mass is 9.72. The molecule has 1 saturated heterocycles. The number of ether oxygens (including phenoxy) is 3. The minimum absolute atomic E-state index is 0.439. The zero-order valence-electron chi connectivity index (χ0n) is 12.3. The van der Waals surface area contributed by atoms with Crippen LogP contribution in [0.1, 0.15) is 52.4 Å². The van der Waals surface area contributed by atoms with E-state index in [4.69, 9.17) is 14.2 Å². The van der Waals surface area contributed by atoms with Crippen LogP contribution in [0.4, 0.5) is 0 Å². The molecule has 3 nitrogen and oxygen atoms in total. The van der Waals surface area contributed by atoms with Crippen molar-refractivity contribution in [3.8, 4) is 0 Å². The Morgan fingerprint density at radius 2 is 1.26 bits per heavy atom. The molecule has 1 aliphatic heterocycles. The zero-order valence-corrected chi connectivity index (χ0v) is 12.3. The lowest BCUT2D eigenvalue weighted by molar-refractivity contribution is -0.0649. The van der Waals surface area contributed by atoms with Gasteiger partial charge < -0.3 is 14.2 Å². The third-order valence-corrected chi connectivity index (χ3v) is 5.29. The van der Waals surface area contributed by atoms with Gasteiger partial charge in [0, 0.05) is 26.1 Å². The molecule has 0 aromatic carbocycles. The van der Waals surface area contributed by atoms with Gasteiger partial charge in [-0.3, -0.25) is 0 Å². The molecule has 0 N–H and O–H groups in total. The van der Waals surface area contributed by atoms with Gasteiger partial charge in [0.15, 0.2) is 0 Å². The van der Waals surface area contributed by atoms with E-state index >= 15 is 0 Å². The SMILES string of the molecule is CCOC1CCC2C(C1)OC1CC(OCC)CCC12. The van der Waals surface area contributed by atoms with E-state index in [0.29, 0.717) is 24.4 Å². The molecule has 0 bridgehead atoms. The Kier molecular flexibility index (Phi) is 4.45. The van der Waals surface area contributed by atoms with Gasteiger partial charge in [-0.2, -0.15) is 0 Å². The summed E-state index contributed by atoms with van der Waals surface area (Å²) in [6.45, 7) is 5.85. The zero-order chi connectivity index (χ0) is 13.2. The highest BCUT2D eigenvalue weighted by Gasteiger charge is 2.49. The van der Waals surface area contributed by atoms with Crippen LogP contribution in [0.5, 0.6) is 0 Å². The third-order valence-electron chi connectivity index (χ3n) is 5.29. The summed E-state index contributed by atoms with van der Waals surface area (Å²) in [5.74, 6) is 1.59. The quantitative estimate of drug-likeness (QED) is 0.784. The van der Waals surface area contributed by atoms with Gasteiger partial charge >= 0.3 is 0 Å². The standard InChI is InChI=1S/C16H28O3/c1-3-17-11-5-7-13-14-8-6-12(18-4-2)10-16(14)19-15(13)9-11/h11-16H,3-10H2,1-2H3. The maximum absolute atomic E-state index is 6.36. The summed E-state index contributed by atoms with van der Waals surface area (Å²) in [6, 6.07) is 0. The average molecular weight is 268 g/mol. The molecule has 3 rings (SSSR count). The van der Waals surface area contributed by atoms with Gasteiger partial charge in [0.1, 0.15) is 0 Å². The van der Waals surface area contributed by atoms with E-state index in [1.807, 2.05) is 0 Å². The second-order valence-electron chi connectivity index (χ2n) is 6.32. The maximum Gasteiger partial charge on any atom is 0.0635 e. The topological polar surface area (TPSA) is 27.7 Å². The number of hydrogen-bond donors (Lipinski definition) is 0. The summed E-state index contributed by atoms with van der Waals surface area (Å²) >= 11 is 0. The first-order chi connectivity index (χ1) is 9.31. The van der Waals surface area contributed by atoms with Crippen LogP contribution in [0.15, 0.2) is 0 Å². The molecular weight excluding hydrogens is 240 g/mol. The molecule has 0 spiro atoms. The molecule has 19 heavy (non-hydrogen) atoms. The van der Waals surface area contributed by atoms with Gasteiger partial charge in [0.05, 0.1) is 24.4 Å². The van der Waals surface area contributed by atoms with Crippen molar-refractivity contribution in [3.63, 3.8) is 0 Å². The van der Waals surface area contributed by atoms with E-state index in [0.717, 1.165) is 37.9 Å². The average Bonchev–Trinajstić information content (AvgIpc) is 2.76. The van der Waals surface area contributed by atoms with E-state index in [1.165, 1.54) is 25.7 Å². The number of fused-ring (bicyclic) bond motifs is 3. The van der Waals surface area contributed by atoms with Crippen LogP contribution in [-0.2, 0) is 14.2 Å². The Balaban J connectivity index is 1.58. The Hall–Kier alpha value is -0.120. The molecule has 6 atom stereocenters. The third kappa shape index (κ3) is 2.84. The van der Waals surface area contributed by atoms with Crippen molar-refractivity contribution in [2.45, 2.75) is 76.8 Å².